The second kappa shape index (κ2) is 8.85. The molecule has 2 aromatic rings. The number of rotatable bonds is 7. The number of amides is 1. The van der Waals surface area contributed by atoms with E-state index in [-0.39, 0.29) is 22.0 Å². The lowest BCUT2D eigenvalue weighted by atomic mass is 10.1. The van der Waals surface area contributed by atoms with Gasteiger partial charge in [-0.15, -0.1) is 0 Å². The Morgan fingerprint density at radius 1 is 1.11 bits per heavy atom. The first-order valence-corrected chi connectivity index (χ1v) is 10.1. The van der Waals surface area contributed by atoms with E-state index >= 15 is 0 Å². The molecule has 150 valence electrons. The molecular weight excluding hydrogens is 382 g/mol. The van der Waals surface area contributed by atoms with Gasteiger partial charge in [0.15, 0.2) is 0 Å². The number of nitrogens with zero attached hydrogens (tertiary/aromatic N) is 2. The fourth-order valence-corrected chi connectivity index (χ4v) is 4.10. The number of aromatic hydroxyl groups is 2. The summed E-state index contributed by atoms with van der Waals surface area (Å²) < 4.78 is 26.5. The van der Waals surface area contributed by atoms with Crippen molar-refractivity contribution in [1.29, 1.82) is 0 Å². The van der Waals surface area contributed by atoms with E-state index < -0.39 is 15.9 Å². The average molecular weight is 405 g/mol. The maximum atomic E-state index is 12.6. The van der Waals surface area contributed by atoms with Crippen molar-refractivity contribution in [3.8, 4) is 11.5 Å². The van der Waals surface area contributed by atoms with E-state index in [1.54, 1.807) is 20.8 Å². The first-order chi connectivity index (χ1) is 13.2. The first-order valence-electron chi connectivity index (χ1n) is 8.67. The molecule has 0 bridgehead atoms. The van der Waals surface area contributed by atoms with Crippen molar-refractivity contribution in [2.45, 2.75) is 25.7 Å². The largest absolute Gasteiger partial charge is 0.508 e. The Morgan fingerprint density at radius 2 is 1.79 bits per heavy atom. The number of phenolic OH excluding ortho intramolecular Hbond substituents is 2. The molecule has 0 unspecified atom stereocenters. The number of hydrogen-bond donors (Lipinski definition) is 3. The molecule has 2 aromatic carbocycles. The highest BCUT2D eigenvalue weighted by Crippen LogP contribution is 2.23. The number of nitrogens with one attached hydrogen (secondary N) is 1. The third kappa shape index (κ3) is 4.68. The third-order valence-corrected chi connectivity index (χ3v) is 6.18. The topological polar surface area (TPSA) is 119 Å². The van der Waals surface area contributed by atoms with Gasteiger partial charge < -0.3 is 10.2 Å². The molecule has 0 heterocycles. The Balaban J connectivity index is 2.23. The fourth-order valence-electron chi connectivity index (χ4n) is 2.60. The molecule has 0 aliphatic carbocycles. The number of phenols is 2. The molecule has 0 fully saturated rings. The van der Waals surface area contributed by atoms with E-state index in [1.807, 2.05) is 0 Å². The third-order valence-electron chi connectivity index (χ3n) is 4.14. The molecule has 2 rings (SSSR count). The van der Waals surface area contributed by atoms with Crippen molar-refractivity contribution in [1.82, 2.24) is 9.73 Å². The SMILES string of the molecule is CCN(CC)S(=O)(=O)c1cccc(C(=O)N/N=C(\C)c2ccc(O)cc2O)c1. The normalized spacial score (nSPS) is 12.2. The van der Waals surface area contributed by atoms with Crippen LogP contribution in [-0.4, -0.2) is 47.6 Å². The quantitative estimate of drug-likeness (QED) is 0.482. The Kier molecular flexibility index (Phi) is 6.76. The lowest BCUT2D eigenvalue weighted by molar-refractivity contribution is 0.0954. The van der Waals surface area contributed by atoms with Crippen LogP contribution < -0.4 is 5.43 Å². The van der Waals surface area contributed by atoms with Crippen LogP contribution in [0.5, 0.6) is 11.5 Å². The van der Waals surface area contributed by atoms with Crippen molar-refractivity contribution in [3.05, 3.63) is 53.6 Å². The molecule has 3 N–H and O–H groups in total. The fraction of sp³-hybridized carbons (Fsp3) is 0.263. The van der Waals surface area contributed by atoms with E-state index in [4.69, 9.17) is 0 Å². The van der Waals surface area contributed by atoms with Crippen molar-refractivity contribution in [2.75, 3.05) is 13.1 Å². The monoisotopic (exact) mass is 405 g/mol. The number of carbonyl (C=O) groups is 1. The minimum atomic E-state index is -3.68. The van der Waals surface area contributed by atoms with Crippen LogP contribution in [0.2, 0.25) is 0 Å². The Labute approximate surface area is 164 Å². The van der Waals surface area contributed by atoms with E-state index in [0.29, 0.717) is 24.4 Å². The lowest BCUT2D eigenvalue weighted by Gasteiger charge is -2.18. The van der Waals surface area contributed by atoms with Crippen molar-refractivity contribution in [2.24, 2.45) is 5.10 Å². The summed E-state index contributed by atoms with van der Waals surface area (Å²) in [4.78, 5) is 12.4. The Hall–Kier alpha value is -2.91. The van der Waals surface area contributed by atoms with E-state index in [0.717, 1.165) is 6.07 Å². The summed E-state index contributed by atoms with van der Waals surface area (Å²) in [6.45, 7) is 5.72. The van der Waals surface area contributed by atoms with Crippen molar-refractivity contribution >= 4 is 21.6 Å². The zero-order valence-corrected chi connectivity index (χ0v) is 16.7. The van der Waals surface area contributed by atoms with Crippen molar-refractivity contribution in [3.63, 3.8) is 0 Å². The minimum Gasteiger partial charge on any atom is -0.508 e. The summed E-state index contributed by atoms with van der Waals surface area (Å²) >= 11 is 0. The molecule has 0 saturated heterocycles. The van der Waals surface area contributed by atoms with Gasteiger partial charge in [0, 0.05) is 30.3 Å². The molecule has 1 amide bonds. The number of benzene rings is 2. The predicted octanol–water partition coefficient (Wildman–Crippen LogP) is 2.28. The molecule has 0 radical (unpaired) electrons. The summed E-state index contributed by atoms with van der Waals surface area (Å²) in [6.07, 6.45) is 0. The molecule has 0 atom stereocenters. The zero-order chi connectivity index (χ0) is 20.9. The average Bonchev–Trinajstić information content (AvgIpc) is 2.66. The second-order valence-electron chi connectivity index (χ2n) is 5.96. The highest BCUT2D eigenvalue weighted by molar-refractivity contribution is 7.89. The molecule has 0 spiro atoms. The standard InChI is InChI=1S/C19H23N3O5S/c1-4-22(5-2)28(26,27)16-8-6-7-14(11-16)19(25)21-20-13(3)17-10-9-15(23)12-18(17)24/h6-12,23-24H,4-5H2,1-3H3,(H,21,25)/b20-13+. The van der Waals surface area contributed by atoms with Gasteiger partial charge in [0.25, 0.3) is 5.91 Å². The van der Waals surface area contributed by atoms with E-state index in [9.17, 15) is 23.4 Å². The summed E-state index contributed by atoms with van der Waals surface area (Å²) in [5, 5.41) is 23.1. The smallest absolute Gasteiger partial charge is 0.271 e. The molecule has 8 nitrogen and oxygen atoms in total. The van der Waals surface area contributed by atoms with Crippen LogP contribution in [0.1, 0.15) is 36.7 Å². The van der Waals surface area contributed by atoms with Crippen LogP contribution in [0.25, 0.3) is 0 Å². The molecule has 28 heavy (non-hydrogen) atoms. The molecule has 0 aliphatic heterocycles. The van der Waals surface area contributed by atoms with Gasteiger partial charge in [0.2, 0.25) is 10.0 Å². The number of hydrazone groups is 1. The van der Waals surface area contributed by atoms with Gasteiger partial charge in [0.05, 0.1) is 10.6 Å². The van der Waals surface area contributed by atoms with Gasteiger partial charge in [-0.3, -0.25) is 4.79 Å². The van der Waals surface area contributed by atoms with Gasteiger partial charge in [-0.05, 0) is 37.3 Å². The van der Waals surface area contributed by atoms with Crippen LogP contribution >= 0.6 is 0 Å². The second-order valence-corrected chi connectivity index (χ2v) is 7.89. The van der Waals surface area contributed by atoms with Gasteiger partial charge in [0.1, 0.15) is 11.5 Å². The highest BCUT2D eigenvalue weighted by atomic mass is 32.2. The number of carbonyl (C=O) groups excluding carboxylic acids is 1. The maximum absolute atomic E-state index is 12.6. The molecule has 0 saturated carbocycles. The summed E-state index contributed by atoms with van der Waals surface area (Å²) in [6, 6.07) is 9.73. The van der Waals surface area contributed by atoms with E-state index in [2.05, 4.69) is 10.5 Å². The zero-order valence-electron chi connectivity index (χ0n) is 15.9. The van der Waals surface area contributed by atoms with Gasteiger partial charge >= 0.3 is 0 Å². The number of hydrogen-bond acceptors (Lipinski definition) is 6. The highest BCUT2D eigenvalue weighted by Gasteiger charge is 2.22. The summed E-state index contributed by atoms with van der Waals surface area (Å²) in [7, 11) is -3.68. The molecule has 0 aliphatic rings. The van der Waals surface area contributed by atoms with Crippen molar-refractivity contribution < 1.29 is 23.4 Å². The Morgan fingerprint density at radius 3 is 2.39 bits per heavy atom. The number of sulfonamides is 1. The minimum absolute atomic E-state index is 0.0285. The van der Waals surface area contributed by atoms with E-state index in [1.165, 1.54) is 40.7 Å². The molecule has 0 aromatic heterocycles. The van der Waals surface area contributed by atoms with Gasteiger partial charge in [-0.25, -0.2) is 13.8 Å². The predicted molar refractivity (Wildman–Crippen MR) is 106 cm³/mol. The summed E-state index contributed by atoms with van der Waals surface area (Å²) in [5.74, 6) is -0.860. The lowest BCUT2D eigenvalue weighted by Crippen LogP contribution is -2.30. The molecule has 9 heteroatoms. The molecular formula is C19H23N3O5S. The van der Waals surface area contributed by atoms with Crippen LogP contribution in [0.3, 0.4) is 0 Å². The van der Waals surface area contributed by atoms with Crippen LogP contribution in [0.15, 0.2) is 52.5 Å². The maximum Gasteiger partial charge on any atom is 0.271 e. The van der Waals surface area contributed by atoms with Gasteiger partial charge in [-0.1, -0.05) is 19.9 Å². The Bertz CT molecular complexity index is 998. The van der Waals surface area contributed by atoms with Gasteiger partial charge in [-0.2, -0.15) is 9.41 Å². The van der Waals surface area contributed by atoms with Crippen LogP contribution in [0.4, 0.5) is 0 Å². The van der Waals surface area contributed by atoms with Crippen LogP contribution in [-0.2, 0) is 10.0 Å². The first kappa shape index (κ1) is 21.4. The van der Waals surface area contributed by atoms with Crippen LogP contribution in [0, 0.1) is 0 Å². The summed E-state index contributed by atoms with van der Waals surface area (Å²) in [5.41, 5.74) is 3.14.